The predicted octanol–water partition coefficient (Wildman–Crippen LogP) is 6.05. The first-order chi connectivity index (χ1) is 17.0. The lowest BCUT2D eigenvalue weighted by Gasteiger charge is -2.42. The van der Waals surface area contributed by atoms with Crippen LogP contribution in [0.3, 0.4) is 0 Å². The fourth-order valence-electron chi connectivity index (χ4n) is 4.81. The van der Waals surface area contributed by atoms with Crippen LogP contribution in [0.1, 0.15) is 70.3 Å². The van der Waals surface area contributed by atoms with E-state index in [-0.39, 0.29) is 24.1 Å². The quantitative estimate of drug-likeness (QED) is 0.331. The summed E-state index contributed by atoms with van der Waals surface area (Å²) in [6.07, 6.45) is -3.03. The first kappa shape index (κ1) is 28.9. The van der Waals surface area contributed by atoms with E-state index >= 15 is 0 Å². The van der Waals surface area contributed by atoms with Crippen LogP contribution in [0.25, 0.3) is 0 Å². The van der Waals surface area contributed by atoms with E-state index in [1.54, 1.807) is 39.0 Å². The van der Waals surface area contributed by atoms with Crippen molar-refractivity contribution in [3.63, 3.8) is 0 Å². The van der Waals surface area contributed by atoms with Gasteiger partial charge in [0.25, 0.3) is 0 Å². The lowest BCUT2D eigenvalue weighted by atomic mass is 9.93. The van der Waals surface area contributed by atoms with Crippen LogP contribution in [0.15, 0.2) is 42.5 Å². The minimum absolute atomic E-state index is 0.0276. The maximum absolute atomic E-state index is 14.6. The summed E-state index contributed by atoms with van der Waals surface area (Å²) in [5.41, 5.74) is -2.34. The zero-order valence-electron chi connectivity index (χ0n) is 21.9. The standard InChI is InChI=1S/C28H36F4N2O3/c1-26(2,3)34(25(36)37)22(13-17-11-20(29)15-21(30)12-17)23(35)16-33-28(9-10-28)19-8-6-7-18(14-19)24(31)27(4,5)32/h6-8,11-12,14-15,22-24,33,35H,9-10,13,16H2,1-5H3,(H,36,37). The Labute approximate surface area is 215 Å². The number of carboxylic acid groups (broad SMARTS) is 1. The number of benzene rings is 2. The molecule has 0 radical (unpaired) electrons. The summed E-state index contributed by atoms with van der Waals surface area (Å²) < 4.78 is 56.5. The van der Waals surface area contributed by atoms with Crippen molar-refractivity contribution < 1.29 is 32.6 Å². The summed E-state index contributed by atoms with van der Waals surface area (Å²) in [6.45, 7) is 7.36. The lowest BCUT2D eigenvalue weighted by molar-refractivity contribution is 0.00643. The number of nitrogens with one attached hydrogen (secondary N) is 1. The van der Waals surface area contributed by atoms with Crippen LogP contribution < -0.4 is 5.32 Å². The van der Waals surface area contributed by atoms with Crippen LogP contribution >= 0.6 is 0 Å². The van der Waals surface area contributed by atoms with E-state index in [9.17, 15) is 32.6 Å². The molecule has 0 bridgehead atoms. The molecule has 0 aliphatic heterocycles. The van der Waals surface area contributed by atoms with E-state index in [1.807, 2.05) is 0 Å². The Morgan fingerprint density at radius 2 is 1.68 bits per heavy atom. The molecule has 1 aliphatic carbocycles. The van der Waals surface area contributed by atoms with Gasteiger partial charge in [0.2, 0.25) is 0 Å². The zero-order valence-corrected chi connectivity index (χ0v) is 21.9. The molecule has 3 N–H and O–H groups in total. The zero-order chi connectivity index (χ0) is 27.8. The Bertz CT molecular complexity index is 1090. The monoisotopic (exact) mass is 524 g/mol. The van der Waals surface area contributed by atoms with E-state index in [0.29, 0.717) is 12.8 Å². The summed E-state index contributed by atoms with van der Waals surface area (Å²) in [5, 5.41) is 24.5. The fourth-order valence-corrected chi connectivity index (χ4v) is 4.81. The van der Waals surface area contributed by atoms with E-state index in [0.717, 1.165) is 28.7 Å². The van der Waals surface area contributed by atoms with E-state index in [4.69, 9.17) is 0 Å². The predicted molar refractivity (Wildman–Crippen MR) is 134 cm³/mol. The Kier molecular flexibility index (Phi) is 8.29. The van der Waals surface area contributed by atoms with Crippen molar-refractivity contribution in [3.05, 3.63) is 70.8 Å². The molecule has 3 atom stereocenters. The summed E-state index contributed by atoms with van der Waals surface area (Å²) in [6, 6.07) is 8.56. The molecule has 2 aromatic carbocycles. The summed E-state index contributed by atoms with van der Waals surface area (Å²) in [5.74, 6) is -1.59. The van der Waals surface area contributed by atoms with Crippen molar-refractivity contribution in [2.45, 2.75) is 88.9 Å². The number of nitrogens with zero attached hydrogens (tertiary/aromatic N) is 1. The largest absolute Gasteiger partial charge is 0.465 e. The highest BCUT2D eigenvalue weighted by Crippen LogP contribution is 2.46. The lowest BCUT2D eigenvalue weighted by Crippen LogP contribution is -2.58. The third-order valence-electron chi connectivity index (χ3n) is 6.81. The first-order valence-electron chi connectivity index (χ1n) is 12.4. The molecule has 0 aromatic heterocycles. The van der Waals surface area contributed by atoms with E-state index in [2.05, 4.69) is 5.32 Å². The van der Waals surface area contributed by atoms with E-state index in [1.165, 1.54) is 19.9 Å². The second-order valence-corrected chi connectivity index (χ2v) is 11.5. The molecule has 204 valence electrons. The van der Waals surface area contributed by atoms with Gasteiger partial charge in [-0.25, -0.2) is 22.4 Å². The average Bonchev–Trinajstić information content (AvgIpc) is 3.55. The van der Waals surface area contributed by atoms with Gasteiger partial charge in [-0.15, -0.1) is 0 Å². The number of aliphatic hydroxyl groups is 1. The van der Waals surface area contributed by atoms with Crippen LogP contribution in [0.2, 0.25) is 0 Å². The van der Waals surface area contributed by atoms with Gasteiger partial charge in [0.1, 0.15) is 17.3 Å². The van der Waals surface area contributed by atoms with Crippen molar-refractivity contribution in [1.82, 2.24) is 10.2 Å². The molecule has 0 saturated heterocycles. The Morgan fingerprint density at radius 3 is 2.16 bits per heavy atom. The van der Waals surface area contributed by atoms with Gasteiger partial charge in [0, 0.05) is 23.7 Å². The normalized spacial score (nSPS) is 17.7. The highest BCUT2D eigenvalue weighted by molar-refractivity contribution is 5.66. The van der Waals surface area contributed by atoms with Gasteiger partial charge in [0.05, 0.1) is 12.1 Å². The van der Waals surface area contributed by atoms with Crippen LogP contribution in [0.4, 0.5) is 22.4 Å². The maximum Gasteiger partial charge on any atom is 0.408 e. The maximum atomic E-state index is 14.6. The summed E-state index contributed by atoms with van der Waals surface area (Å²) >= 11 is 0. The summed E-state index contributed by atoms with van der Waals surface area (Å²) in [4.78, 5) is 13.3. The molecule has 1 aliphatic rings. The number of hydrogen-bond donors (Lipinski definition) is 3. The van der Waals surface area contributed by atoms with Gasteiger partial charge < -0.3 is 15.5 Å². The van der Waals surface area contributed by atoms with Crippen LogP contribution in [-0.4, -0.2) is 51.1 Å². The van der Waals surface area contributed by atoms with Crippen molar-refractivity contribution in [3.8, 4) is 0 Å². The molecule has 9 heteroatoms. The molecule has 0 heterocycles. The van der Waals surface area contributed by atoms with E-state index < -0.39 is 52.8 Å². The van der Waals surface area contributed by atoms with Gasteiger partial charge in [-0.2, -0.15) is 0 Å². The second kappa shape index (κ2) is 10.6. The first-order valence-corrected chi connectivity index (χ1v) is 12.4. The minimum Gasteiger partial charge on any atom is -0.465 e. The van der Waals surface area contributed by atoms with Gasteiger partial charge in [-0.1, -0.05) is 24.3 Å². The third-order valence-corrected chi connectivity index (χ3v) is 6.81. The Morgan fingerprint density at radius 1 is 1.08 bits per heavy atom. The molecular formula is C28H36F4N2O3. The van der Waals surface area contributed by atoms with Crippen LogP contribution in [0.5, 0.6) is 0 Å². The van der Waals surface area contributed by atoms with Gasteiger partial charge >= 0.3 is 6.09 Å². The number of alkyl halides is 2. The van der Waals surface area contributed by atoms with Gasteiger partial charge in [-0.05, 0) is 82.7 Å². The smallest absolute Gasteiger partial charge is 0.408 e. The second-order valence-electron chi connectivity index (χ2n) is 11.5. The fraction of sp³-hybridized carbons (Fsp3) is 0.536. The number of aliphatic hydroxyl groups excluding tert-OH is 1. The molecule has 2 aromatic rings. The molecule has 37 heavy (non-hydrogen) atoms. The molecule has 3 rings (SSSR count). The molecule has 1 amide bonds. The van der Waals surface area contributed by atoms with Crippen molar-refractivity contribution in [1.29, 1.82) is 0 Å². The van der Waals surface area contributed by atoms with Crippen LogP contribution in [-0.2, 0) is 12.0 Å². The SMILES string of the molecule is CC(C)(F)C(F)c1cccc(C2(NCC(O)C(Cc3cc(F)cc(F)c3)N(C(=O)O)C(C)(C)C)CC2)c1. The number of amides is 1. The molecule has 5 nitrogen and oxygen atoms in total. The molecule has 0 spiro atoms. The summed E-state index contributed by atoms with van der Waals surface area (Å²) in [7, 11) is 0. The van der Waals surface area contributed by atoms with Crippen molar-refractivity contribution >= 4 is 6.09 Å². The van der Waals surface area contributed by atoms with Crippen molar-refractivity contribution in [2.24, 2.45) is 0 Å². The van der Waals surface area contributed by atoms with Gasteiger partial charge in [-0.3, -0.25) is 4.90 Å². The highest BCUT2D eigenvalue weighted by Gasteiger charge is 2.46. The Balaban J connectivity index is 1.84. The van der Waals surface area contributed by atoms with Gasteiger partial charge in [0.15, 0.2) is 6.17 Å². The number of hydrogen-bond acceptors (Lipinski definition) is 3. The number of halogens is 4. The van der Waals surface area contributed by atoms with Crippen LogP contribution in [0, 0.1) is 11.6 Å². The highest BCUT2D eigenvalue weighted by atomic mass is 19.2. The minimum atomic E-state index is -2.05. The molecule has 1 fully saturated rings. The molecule has 1 saturated carbocycles. The topological polar surface area (TPSA) is 72.8 Å². The third kappa shape index (κ3) is 7.02. The van der Waals surface area contributed by atoms with Crippen molar-refractivity contribution in [2.75, 3.05) is 6.54 Å². The molecular weight excluding hydrogens is 488 g/mol. The molecule has 3 unspecified atom stereocenters. The number of rotatable bonds is 10. The Hall–Kier alpha value is -2.65. The number of carbonyl (C=O) groups is 1. The average molecular weight is 525 g/mol.